The monoisotopic (exact) mass is 384 g/mol. The minimum absolute atomic E-state index is 0.0197. The van der Waals surface area contributed by atoms with E-state index in [1.165, 1.54) is 0 Å². The number of imidazole rings is 1. The second-order valence-corrected chi connectivity index (χ2v) is 7.44. The van der Waals surface area contributed by atoms with E-state index in [0.717, 1.165) is 5.56 Å². The van der Waals surface area contributed by atoms with Crippen molar-refractivity contribution in [3.8, 4) is 0 Å². The van der Waals surface area contributed by atoms with Gasteiger partial charge in [0.2, 0.25) is 5.91 Å². The van der Waals surface area contributed by atoms with E-state index in [0.29, 0.717) is 28.5 Å². The number of anilines is 1. The molecule has 27 heavy (non-hydrogen) atoms. The Labute approximate surface area is 162 Å². The first kappa shape index (κ1) is 18.9. The van der Waals surface area contributed by atoms with Gasteiger partial charge in [0, 0.05) is 25.2 Å². The molecule has 0 atom stereocenters. The Kier molecular flexibility index (Phi) is 5.19. The van der Waals surface area contributed by atoms with Crippen LogP contribution in [0.1, 0.15) is 36.2 Å². The molecule has 6 nitrogen and oxygen atoms in total. The fraction of sp³-hybridized carbons (Fsp3) is 0.250. The highest BCUT2D eigenvalue weighted by Gasteiger charge is 2.24. The smallest absolute Gasteiger partial charge is 0.256 e. The number of hydrogen-bond donors (Lipinski definition) is 2. The molecule has 0 bridgehead atoms. The molecule has 0 spiro atoms. The highest BCUT2D eigenvalue weighted by molar-refractivity contribution is 6.30. The van der Waals surface area contributed by atoms with E-state index in [1.807, 2.05) is 26.0 Å². The molecular weight excluding hydrogens is 364 g/mol. The summed E-state index contributed by atoms with van der Waals surface area (Å²) in [6.07, 6.45) is 3.81. The third-order valence-corrected chi connectivity index (χ3v) is 4.69. The molecule has 2 amide bonds. The van der Waals surface area contributed by atoms with Crippen molar-refractivity contribution in [1.82, 2.24) is 14.7 Å². The Balaban J connectivity index is 1.74. The summed E-state index contributed by atoms with van der Waals surface area (Å²) in [4.78, 5) is 28.5. The van der Waals surface area contributed by atoms with Crippen LogP contribution in [0.4, 0.5) is 5.82 Å². The van der Waals surface area contributed by atoms with Gasteiger partial charge in [-0.2, -0.15) is 0 Å². The zero-order valence-corrected chi connectivity index (χ0v) is 16.2. The van der Waals surface area contributed by atoms with E-state index in [-0.39, 0.29) is 17.2 Å². The molecule has 0 saturated carbocycles. The quantitative estimate of drug-likeness (QED) is 0.705. The lowest BCUT2D eigenvalue weighted by atomic mass is 9.81. The molecule has 3 aromatic rings. The van der Waals surface area contributed by atoms with Gasteiger partial charge in [-0.3, -0.25) is 9.59 Å². The number of aromatic nitrogens is 2. The maximum atomic E-state index is 12.5. The highest BCUT2D eigenvalue weighted by atomic mass is 35.5. The lowest BCUT2D eigenvalue weighted by molar-refractivity contribution is -0.121. The molecule has 2 N–H and O–H groups in total. The van der Waals surface area contributed by atoms with Crippen molar-refractivity contribution < 1.29 is 9.59 Å². The predicted octanol–water partition coefficient (Wildman–Crippen LogP) is 3.65. The van der Waals surface area contributed by atoms with Gasteiger partial charge in [0.15, 0.2) is 5.82 Å². The minimum Gasteiger partial charge on any atom is -0.359 e. The lowest BCUT2D eigenvalue weighted by Crippen LogP contribution is -2.28. The number of carbonyl (C=O) groups is 2. The number of pyridine rings is 1. The number of amides is 2. The van der Waals surface area contributed by atoms with Crippen molar-refractivity contribution in [1.29, 1.82) is 0 Å². The second-order valence-electron chi connectivity index (χ2n) is 7.00. The number of fused-ring (bicyclic) bond motifs is 1. The van der Waals surface area contributed by atoms with Gasteiger partial charge in [-0.05, 0) is 35.2 Å². The molecule has 7 heteroatoms. The molecule has 2 heterocycles. The van der Waals surface area contributed by atoms with Crippen LogP contribution in [0.25, 0.3) is 5.65 Å². The minimum atomic E-state index is -0.323. The first-order valence-electron chi connectivity index (χ1n) is 8.55. The Morgan fingerprint density at radius 2 is 1.81 bits per heavy atom. The number of rotatable bonds is 5. The number of halogens is 1. The van der Waals surface area contributed by atoms with Gasteiger partial charge in [-0.25, -0.2) is 4.98 Å². The Hall–Kier alpha value is -2.86. The zero-order chi connectivity index (χ0) is 19.6. The van der Waals surface area contributed by atoms with Gasteiger partial charge in [-0.15, -0.1) is 0 Å². The fourth-order valence-corrected chi connectivity index (χ4v) is 3.05. The van der Waals surface area contributed by atoms with Crippen LogP contribution < -0.4 is 10.6 Å². The lowest BCUT2D eigenvalue weighted by Gasteiger charge is -2.24. The number of carbonyl (C=O) groups excluding carboxylic acids is 2. The fourth-order valence-electron chi connectivity index (χ4n) is 2.88. The van der Waals surface area contributed by atoms with Crippen molar-refractivity contribution in [2.45, 2.75) is 25.7 Å². The van der Waals surface area contributed by atoms with Crippen LogP contribution in [0.3, 0.4) is 0 Å². The van der Waals surface area contributed by atoms with E-state index in [2.05, 4.69) is 15.6 Å². The Bertz CT molecular complexity index is 993. The first-order chi connectivity index (χ1) is 12.8. The van der Waals surface area contributed by atoms with Gasteiger partial charge in [-0.1, -0.05) is 37.6 Å². The Morgan fingerprint density at radius 1 is 1.11 bits per heavy atom. The van der Waals surface area contributed by atoms with E-state index < -0.39 is 0 Å². The summed E-state index contributed by atoms with van der Waals surface area (Å²) in [7, 11) is 1.62. The summed E-state index contributed by atoms with van der Waals surface area (Å²) in [6.45, 7) is 4.00. The molecule has 0 unspecified atom stereocenters. The van der Waals surface area contributed by atoms with Gasteiger partial charge in [0.05, 0.1) is 11.2 Å². The van der Waals surface area contributed by atoms with Crippen LogP contribution in [0.5, 0.6) is 0 Å². The third-order valence-electron chi connectivity index (χ3n) is 4.47. The summed E-state index contributed by atoms with van der Waals surface area (Å²) in [6, 6.07) is 10.8. The van der Waals surface area contributed by atoms with Crippen LogP contribution in [-0.4, -0.2) is 28.2 Å². The molecule has 2 aromatic heterocycles. The maximum Gasteiger partial charge on any atom is 0.256 e. The standard InChI is InChI=1S/C20H21ClN4O2/c1-20(2,10-18(26)22-3)14-6-4-13(5-7-14)19(27)24-16-12-25-11-15(21)8-9-17(25)23-16/h4-9,11-12H,10H2,1-3H3,(H,22,26)(H,24,27). The van der Waals surface area contributed by atoms with Crippen molar-refractivity contribution in [3.05, 3.63) is 64.9 Å². The highest BCUT2D eigenvalue weighted by Crippen LogP contribution is 2.27. The third kappa shape index (κ3) is 4.28. The van der Waals surface area contributed by atoms with E-state index in [4.69, 9.17) is 11.6 Å². The zero-order valence-electron chi connectivity index (χ0n) is 15.4. The van der Waals surface area contributed by atoms with Crippen molar-refractivity contribution in [3.63, 3.8) is 0 Å². The van der Waals surface area contributed by atoms with Crippen molar-refractivity contribution in [2.75, 3.05) is 12.4 Å². The van der Waals surface area contributed by atoms with Gasteiger partial charge in [0.25, 0.3) is 5.91 Å². The first-order valence-corrected chi connectivity index (χ1v) is 8.93. The number of nitrogens with zero attached hydrogens (tertiary/aromatic N) is 2. The van der Waals surface area contributed by atoms with E-state index >= 15 is 0 Å². The molecule has 3 rings (SSSR count). The average molecular weight is 385 g/mol. The summed E-state index contributed by atoms with van der Waals surface area (Å²) in [5.41, 5.74) is 1.88. The number of nitrogens with one attached hydrogen (secondary N) is 2. The largest absolute Gasteiger partial charge is 0.359 e. The van der Waals surface area contributed by atoms with E-state index in [1.54, 1.807) is 48.1 Å². The van der Waals surface area contributed by atoms with Crippen LogP contribution >= 0.6 is 11.6 Å². The second kappa shape index (κ2) is 7.40. The molecule has 0 radical (unpaired) electrons. The van der Waals surface area contributed by atoms with Crippen LogP contribution in [0, 0.1) is 0 Å². The molecule has 0 saturated heterocycles. The topological polar surface area (TPSA) is 75.5 Å². The summed E-state index contributed by atoms with van der Waals surface area (Å²) >= 11 is 5.96. The van der Waals surface area contributed by atoms with E-state index in [9.17, 15) is 9.59 Å². The molecule has 140 valence electrons. The van der Waals surface area contributed by atoms with Gasteiger partial charge >= 0.3 is 0 Å². The van der Waals surface area contributed by atoms with Crippen LogP contribution in [-0.2, 0) is 10.2 Å². The van der Waals surface area contributed by atoms with Crippen LogP contribution in [0.2, 0.25) is 5.02 Å². The molecule has 0 aliphatic carbocycles. The van der Waals surface area contributed by atoms with Crippen LogP contribution in [0.15, 0.2) is 48.8 Å². The van der Waals surface area contributed by atoms with Crippen molar-refractivity contribution >= 4 is 34.9 Å². The summed E-state index contributed by atoms with van der Waals surface area (Å²) in [5, 5.41) is 6.02. The molecule has 0 aliphatic heterocycles. The van der Waals surface area contributed by atoms with Gasteiger partial charge < -0.3 is 15.0 Å². The molecular formula is C20H21ClN4O2. The normalized spacial score (nSPS) is 11.4. The number of hydrogen-bond acceptors (Lipinski definition) is 3. The predicted molar refractivity (Wildman–Crippen MR) is 106 cm³/mol. The summed E-state index contributed by atoms with van der Waals surface area (Å²) < 4.78 is 1.75. The average Bonchev–Trinajstić information content (AvgIpc) is 3.02. The SMILES string of the molecule is CNC(=O)CC(C)(C)c1ccc(C(=O)Nc2cn3cc(Cl)ccc3n2)cc1. The molecule has 0 aliphatic rings. The molecule has 1 aromatic carbocycles. The van der Waals surface area contributed by atoms with Gasteiger partial charge in [0.1, 0.15) is 5.65 Å². The van der Waals surface area contributed by atoms with Crippen molar-refractivity contribution in [2.24, 2.45) is 0 Å². The number of benzene rings is 1. The molecule has 0 fully saturated rings. The Morgan fingerprint density at radius 3 is 2.48 bits per heavy atom. The summed E-state index contributed by atoms with van der Waals surface area (Å²) in [5.74, 6) is 0.181. The maximum absolute atomic E-state index is 12.5.